The summed E-state index contributed by atoms with van der Waals surface area (Å²) in [5.74, 6) is 1.76. The highest BCUT2D eigenvalue weighted by molar-refractivity contribution is 5.79. The molecule has 0 amide bonds. The van der Waals surface area contributed by atoms with E-state index in [1.165, 1.54) is 38.2 Å². The number of benzene rings is 1. The number of pyridine rings is 1. The van der Waals surface area contributed by atoms with Gasteiger partial charge in [-0.25, -0.2) is 4.68 Å². The summed E-state index contributed by atoms with van der Waals surface area (Å²) >= 11 is 0. The zero-order valence-corrected chi connectivity index (χ0v) is 14.7. The highest BCUT2D eigenvalue weighted by Crippen LogP contribution is 2.28. The second-order valence-corrected chi connectivity index (χ2v) is 6.86. The van der Waals surface area contributed by atoms with Crippen LogP contribution >= 0.6 is 0 Å². The third-order valence-corrected chi connectivity index (χ3v) is 4.99. The Hall–Kier alpha value is -2.70. The fourth-order valence-corrected chi connectivity index (χ4v) is 3.63. The predicted octanol–water partition coefficient (Wildman–Crippen LogP) is 3.03. The Morgan fingerprint density at radius 2 is 2.04 bits per heavy atom. The van der Waals surface area contributed by atoms with Gasteiger partial charge in [0.1, 0.15) is 5.75 Å². The zero-order chi connectivity index (χ0) is 17.8. The first-order chi connectivity index (χ1) is 12.8. The molecular formula is C19H23N5O2. The number of fused-ring (bicyclic) bond motifs is 1. The normalized spacial score (nSPS) is 15.4. The first kappa shape index (κ1) is 16.8. The summed E-state index contributed by atoms with van der Waals surface area (Å²) < 4.78 is 7.88. The number of ether oxygens (including phenoxy) is 1. The molecule has 4 rings (SSSR count). The van der Waals surface area contributed by atoms with Crippen molar-refractivity contribution < 1.29 is 4.74 Å². The minimum atomic E-state index is -0.0955. The Kier molecular flexibility index (Phi) is 4.95. The van der Waals surface area contributed by atoms with Crippen LogP contribution in [0, 0.1) is 0 Å². The van der Waals surface area contributed by atoms with Gasteiger partial charge in [0, 0.05) is 23.4 Å². The van der Waals surface area contributed by atoms with Crippen molar-refractivity contribution in [3.05, 3.63) is 46.5 Å². The molecule has 7 heteroatoms. The van der Waals surface area contributed by atoms with Gasteiger partial charge < -0.3 is 9.72 Å². The quantitative estimate of drug-likeness (QED) is 0.689. The van der Waals surface area contributed by atoms with E-state index in [4.69, 9.17) is 4.74 Å². The van der Waals surface area contributed by atoms with Gasteiger partial charge in [-0.1, -0.05) is 19.3 Å². The molecule has 1 fully saturated rings. The van der Waals surface area contributed by atoms with Crippen LogP contribution in [0.15, 0.2) is 35.1 Å². The molecule has 1 saturated carbocycles. The molecule has 0 aliphatic heterocycles. The molecule has 136 valence electrons. The number of tetrazole rings is 1. The average Bonchev–Trinajstić information content (AvgIpc) is 3.14. The molecule has 0 atom stereocenters. The lowest BCUT2D eigenvalue weighted by atomic mass is 9.95. The van der Waals surface area contributed by atoms with Crippen LogP contribution in [-0.4, -0.2) is 31.8 Å². The molecule has 0 radical (unpaired) electrons. The maximum atomic E-state index is 11.3. The fraction of sp³-hybridized carbons (Fsp3) is 0.474. The largest absolute Gasteiger partial charge is 0.494 e. The molecule has 3 aromatic rings. The minimum absolute atomic E-state index is 0.0955. The number of rotatable bonds is 6. The van der Waals surface area contributed by atoms with E-state index in [2.05, 4.69) is 20.5 Å². The number of H-pyrrole nitrogens is 1. The molecule has 0 saturated heterocycles. The minimum Gasteiger partial charge on any atom is -0.494 e. The van der Waals surface area contributed by atoms with Crippen LogP contribution in [0.3, 0.4) is 0 Å². The summed E-state index contributed by atoms with van der Waals surface area (Å²) in [5, 5.41) is 13.2. The van der Waals surface area contributed by atoms with Crippen LogP contribution in [0.5, 0.6) is 5.75 Å². The lowest BCUT2D eigenvalue weighted by Crippen LogP contribution is -2.17. The molecule has 0 unspecified atom stereocenters. The molecule has 7 nitrogen and oxygen atoms in total. The van der Waals surface area contributed by atoms with Crippen LogP contribution < -0.4 is 10.3 Å². The van der Waals surface area contributed by atoms with Crippen LogP contribution in [0.25, 0.3) is 10.9 Å². The molecule has 0 bridgehead atoms. The summed E-state index contributed by atoms with van der Waals surface area (Å²) in [6.45, 7) is 0.604. The van der Waals surface area contributed by atoms with E-state index < -0.39 is 0 Å². The standard InChI is InChI=1S/C19H23N5O2/c25-19-11-8-14-13-16(9-10-17(14)20-19)26-12-4-7-18-21-22-23-24(18)15-5-2-1-3-6-15/h8-11,13,15H,1-7,12H2,(H,20,25). The van der Waals surface area contributed by atoms with E-state index in [1.807, 2.05) is 22.9 Å². The number of hydrogen-bond acceptors (Lipinski definition) is 5. The van der Waals surface area contributed by atoms with Crippen molar-refractivity contribution in [1.29, 1.82) is 0 Å². The van der Waals surface area contributed by atoms with Gasteiger partial charge in [-0.05, 0) is 54.0 Å². The Morgan fingerprint density at radius 1 is 1.15 bits per heavy atom. The van der Waals surface area contributed by atoms with E-state index in [9.17, 15) is 4.79 Å². The van der Waals surface area contributed by atoms with Crippen molar-refractivity contribution in [2.24, 2.45) is 0 Å². The van der Waals surface area contributed by atoms with Gasteiger partial charge in [0.05, 0.1) is 12.6 Å². The number of aryl methyl sites for hydroxylation is 1. The maximum absolute atomic E-state index is 11.3. The van der Waals surface area contributed by atoms with Gasteiger partial charge in [0.25, 0.3) is 0 Å². The van der Waals surface area contributed by atoms with E-state index in [0.717, 1.165) is 35.3 Å². The Morgan fingerprint density at radius 3 is 2.92 bits per heavy atom. The fourth-order valence-electron chi connectivity index (χ4n) is 3.63. The summed E-state index contributed by atoms with van der Waals surface area (Å²) in [6.07, 6.45) is 7.87. The van der Waals surface area contributed by atoms with Crippen LogP contribution in [0.1, 0.15) is 50.4 Å². The second-order valence-electron chi connectivity index (χ2n) is 6.86. The van der Waals surface area contributed by atoms with Gasteiger partial charge in [0.2, 0.25) is 5.56 Å². The van der Waals surface area contributed by atoms with Gasteiger partial charge in [0.15, 0.2) is 5.82 Å². The summed E-state index contributed by atoms with van der Waals surface area (Å²) in [6, 6.07) is 9.48. The topological polar surface area (TPSA) is 85.7 Å². The number of aromatic nitrogens is 5. The summed E-state index contributed by atoms with van der Waals surface area (Å²) in [7, 11) is 0. The van der Waals surface area contributed by atoms with Crippen LogP contribution in [-0.2, 0) is 6.42 Å². The molecule has 1 N–H and O–H groups in total. The summed E-state index contributed by atoms with van der Waals surface area (Å²) in [4.78, 5) is 14.1. The predicted molar refractivity (Wildman–Crippen MR) is 98.3 cm³/mol. The van der Waals surface area contributed by atoms with Crippen molar-refractivity contribution in [2.45, 2.75) is 51.0 Å². The van der Waals surface area contributed by atoms with Gasteiger partial charge in [-0.15, -0.1) is 5.10 Å². The second kappa shape index (κ2) is 7.68. The Balaban J connectivity index is 1.32. The molecular weight excluding hydrogens is 330 g/mol. The van der Waals surface area contributed by atoms with E-state index in [-0.39, 0.29) is 5.56 Å². The van der Waals surface area contributed by atoms with E-state index >= 15 is 0 Å². The van der Waals surface area contributed by atoms with Crippen molar-refractivity contribution in [1.82, 2.24) is 25.2 Å². The average molecular weight is 353 g/mol. The Labute approximate surface area is 151 Å². The number of aromatic amines is 1. The Bertz CT molecular complexity index is 927. The highest BCUT2D eigenvalue weighted by atomic mass is 16.5. The SMILES string of the molecule is O=c1ccc2cc(OCCCc3nnnn3C3CCCCC3)ccc2[nH]1. The molecule has 2 aromatic heterocycles. The third kappa shape index (κ3) is 3.76. The van der Waals surface area contributed by atoms with Crippen molar-refractivity contribution in [2.75, 3.05) is 6.61 Å². The summed E-state index contributed by atoms with van der Waals surface area (Å²) in [5.41, 5.74) is 0.721. The molecule has 1 aliphatic rings. The first-order valence-electron chi connectivity index (χ1n) is 9.32. The maximum Gasteiger partial charge on any atom is 0.248 e. The monoisotopic (exact) mass is 353 g/mol. The molecule has 2 heterocycles. The number of nitrogens with zero attached hydrogens (tertiary/aromatic N) is 4. The zero-order valence-electron chi connectivity index (χ0n) is 14.7. The first-order valence-corrected chi connectivity index (χ1v) is 9.32. The van der Waals surface area contributed by atoms with Crippen molar-refractivity contribution in [3.63, 3.8) is 0 Å². The van der Waals surface area contributed by atoms with Crippen molar-refractivity contribution >= 4 is 10.9 Å². The van der Waals surface area contributed by atoms with Crippen LogP contribution in [0.4, 0.5) is 0 Å². The van der Waals surface area contributed by atoms with E-state index in [0.29, 0.717) is 12.6 Å². The lowest BCUT2D eigenvalue weighted by molar-refractivity contribution is 0.298. The van der Waals surface area contributed by atoms with E-state index in [1.54, 1.807) is 6.07 Å². The third-order valence-electron chi connectivity index (χ3n) is 4.99. The van der Waals surface area contributed by atoms with Crippen LogP contribution in [0.2, 0.25) is 0 Å². The number of hydrogen-bond donors (Lipinski definition) is 1. The molecule has 1 aliphatic carbocycles. The lowest BCUT2D eigenvalue weighted by Gasteiger charge is -2.22. The smallest absolute Gasteiger partial charge is 0.248 e. The molecule has 26 heavy (non-hydrogen) atoms. The van der Waals surface area contributed by atoms with Crippen molar-refractivity contribution in [3.8, 4) is 5.75 Å². The molecule has 1 aromatic carbocycles. The van der Waals surface area contributed by atoms with Gasteiger partial charge >= 0.3 is 0 Å². The number of nitrogens with one attached hydrogen (secondary N) is 1. The molecule has 0 spiro atoms. The highest BCUT2D eigenvalue weighted by Gasteiger charge is 2.19. The van der Waals surface area contributed by atoms with Gasteiger partial charge in [-0.3, -0.25) is 4.79 Å². The van der Waals surface area contributed by atoms with Gasteiger partial charge in [-0.2, -0.15) is 0 Å².